The Balaban J connectivity index is 2.47. The Morgan fingerprint density at radius 3 is 2.53 bits per heavy atom. The van der Waals surface area contributed by atoms with Crippen LogP contribution in [0.3, 0.4) is 0 Å². The van der Waals surface area contributed by atoms with Crippen LogP contribution in [0.5, 0.6) is 0 Å². The van der Waals surface area contributed by atoms with Crippen molar-refractivity contribution in [3.63, 3.8) is 0 Å². The van der Waals surface area contributed by atoms with E-state index in [1.807, 2.05) is 35.5 Å². The van der Waals surface area contributed by atoms with Gasteiger partial charge in [0.25, 0.3) is 0 Å². The molecule has 2 heterocycles. The lowest BCUT2D eigenvalue weighted by Gasteiger charge is -2.23. The molecule has 0 N–H and O–H groups in total. The van der Waals surface area contributed by atoms with Crippen molar-refractivity contribution in [3.05, 3.63) is 30.1 Å². The maximum absolute atomic E-state index is 4.42. The van der Waals surface area contributed by atoms with Gasteiger partial charge in [-0.15, -0.1) is 10.2 Å². The van der Waals surface area contributed by atoms with Gasteiger partial charge >= 0.3 is 0 Å². The highest BCUT2D eigenvalue weighted by Crippen LogP contribution is 2.21. The maximum Gasteiger partial charge on any atom is 0.160 e. The van der Waals surface area contributed by atoms with Crippen LogP contribution in [0.1, 0.15) is 25.4 Å². The summed E-state index contributed by atoms with van der Waals surface area (Å²) < 4.78 is 3.82. The Morgan fingerprint density at radius 1 is 1.33 bits per heavy atom. The number of rotatable bonds is 2. The fraction of sp³-hybridized carbons (Fsp3) is 0.500. The third-order valence-corrected chi connectivity index (χ3v) is 2.55. The lowest BCUT2D eigenvalue weighted by molar-refractivity contribution is 0.356. The van der Waals surface area contributed by atoms with Gasteiger partial charge in [-0.25, -0.2) is 0 Å². The molecule has 2 aromatic heterocycles. The molecule has 0 aromatic carbocycles. The predicted octanol–water partition coefficient (Wildman–Crippen LogP) is 1.10. The van der Waals surface area contributed by atoms with Crippen molar-refractivity contribution in [2.24, 2.45) is 7.05 Å². The second-order valence-corrected chi connectivity index (χ2v) is 4.23. The van der Waals surface area contributed by atoms with E-state index in [2.05, 4.69) is 29.1 Å². The molecule has 0 aliphatic heterocycles. The van der Waals surface area contributed by atoms with Crippen LogP contribution < -0.4 is 0 Å². The normalized spacial score (nSPS) is 12.0. The topological polar surface area (TPSA) is 48.5 Å². The number of hydrogen-bond acceptors (Lipinski definition) is 3. The van der Waals surface area contributed by atoms with E-state index in [9.17, 15) is 0 Å². The molecule has 80 valence electrons. The third kappa shape index (κ3) is 1.54. The molecule has 2 rings (SSSR count). The van der Waals surface area contributed by atoms with Crippen molar-refractivity contribution in [3.8, 4) is 0 Å². The summed E-state index contributed by atoms with van der Waals surface area (Å²) in [5, 5.41) is 12.4. The van der Waals surface area contributed by atoms with Crippen LogP contribution in [0, 0.1) is 6.92 Å². The Morgan fingerprint density at radius 2 is 2.07 bits per heavy atom. The highest BCUT2D eigenvalue weighted by atomic mass is 15.4. The summed E-state index contributed by atoms with van der Waals surface area (Å²) in [5.74, 6) is 0.894. The van der Waals surface area contributed by atoms with Gasteiger partial charge in [0, 0.05) is 13.2 Å². The molecular formula is C10H15N5. The Bertz CT molecular complexity index is 466. The molecule has 15 heavy (non-hydrogen) atoms. The SMILES string of the molecule is Cc1ccn(C(C)(C)c2nncn2C)n1. The second-order valence-electron chi connectivity index (χ2n) is 4.23. The zero-order chi connectivity index (χ0) is 11.1. The average Bonchev–Trinajstić information content (AvgIpc) is 2.74. The van der Waals surface area contributed by atoms with E-state index in [0.717, 1.165) is 11.5 Å². The van der Waals surface area contributed by atoms with E-state index in [0.29, 0.717) is 0 Å². The number of nitrogens with zero attached hydrogens (tertiary/aromatic N) is 5. The molecule has 0 aliphatic rings. The summed E-state index contributed by atoms with van der Waals surface area (Å²) in [6.45, 7) is 6.12. The molecule has 0 aliphatic carbocycles. The maximum atomic E-state index is 4.42. The van der Waals surface area contributed by atoms with E-state index in [1.54, 1.807) is 6.33 Å². The van der Waals surface area contributed by atoms with E-state index < -0.39 is 0 Å². The lowest BCUT2D eigenvalue weighted by atomic mass is 10.1. The van der Waals surface area contributed by atoms with Crippen LogP contribution in [0.4, 0.5) is 0 Å². The molecular weight excluding hydrogens is 190 g/mol. The van der Waals surface area contributed by atoms with Crippen molar-refractivity contribution in [1.29, 1.82) is 0 Å². The van der Waals surface area contributed by atoms with E-state index >= 15 is 0 Å². The highest BCUT2D eigenvalue weighted by molar-refractivity contribution is 5.07. The molecule has 0 amide bonds. The molecule has 5 nitrogen and oxygen atoms in total. The van der Waals surface area contributed by atoms with E-state index in [4.69, 9.17) is 0 Å². The van der Waals surface area contributed by atoms with Crippen molar-refractivity contribution in [2.45, 2.75) is 26.3 Å². The van der Waals surface area contributed by atoms with Crippen LogP contribution in [0.25, 0.3) is 0 Å². The lowest BCUT2D eigenvalue weighted by Crippen LogP contribution is -2.31. The summed E-state index contributed by atoms with van der Waals surface area (Å²) >= 11 is 0. The Labute approximate surface area is 88.7 Å². The molecule has 0 saturated carbocycles. The van der Waals surface area contributed by atoms with E-state index in [-0.39, 0.29) is 5.54 Å². The van der Waals surface area contributed by atoms with Crippen molar-refractivity contribution in [2.75, 3.05) is 0 Å². The van der Waals surface area contributed by atoms with Crippen molar-refractivity contribution in [1.82, 2.24) is 24.5 Å². The van der Waals surface area contributed by atoms with Crippen LogP contribution in [0.2, 0.25) is 0 Å². The van der Waals surface area contributed by atoms with Crippen LogP contribution in [0.15, 0.2) is 18.6 Å². The Kier molecular flexibility index (Phi) is 2.10. The van der Waals surface area contributed by atoms with Gasteiger partial charge in [0.2, 0.25) is 0 Å². The molecule has 0 atom stereocenters. The summed E-state index contributed by atoms with van der Waals surface area (Å²) in [4.78, 5) is 0. The standard InChI is InChI=1S/C10H15N5/c1-8-5-6-15(13-8)10(2,3)9-12-11-7-14(9)4/h5-7H,1-4H3. The van der Waals surface area contributed by atoms with Gasteiger partial charge < -0.3 is 4.57 Å². The van der Waals surface area contributed by atoms with Crippen LogP contribution >= 0.6 is 0 Å². The smallest absolute Gasteiger partial charge is 0.160 e. The van der Waals surface area contributed by atoms with Crippen molar-refractivity contribution < 1.29 is 0 Å². The minimum atomic E-state index is -0.278. The van der Waals surface area contributed by atoms with Gasteiger partial charge in [-0.05, 0) is 26.8 Å². The molecule has 2 aromatic rings. The summed E-state index contributed by atoms with van der Waals surface area (Å²) in [6.07, 6.45) is 3.66. The first-order chi connectivity index (χ1) is 7.01. The zero-order valence-corrected chi connectivity index (χ0v) is 9.47. The fourth-order valence-corrected chi connectivity index (χ4v) is 1.67. The first-order valence-electron chi connectivity index (χ1n) is 4.89. The predicted molar refractivity (Wildman–Crippen MR) is 56.4 cm³/mol. The van der Waals surface area contributed by atoms with Gasteiger partial charge in [-0.2, -0.15) is 5.10 Å². The summed E-state index contributed by atoms with van der Waals surface area (Å²) in [5.41, 5.74) is 0.727. The molecule has 0 bridgehead atoms. The van der Waals surface area contributed by atoms with Gasteiger partial charge in [0.05, 0.1) is 5.69 Å². The average molecular weight is 205 g/mol. The molecule has 0 fully saturated rings. The molecule has 0 radical (unpaired) electrons. The number of aromatic nitrogens is 5. The van der Waals surface area contributed by atoms with Crippen LogP contribution in [-0.2, 0) is 12.6 Å². The minimum Gasteiger partial charge on any atom is -0.319 e. The van der Waals surface area contributed by atoms with Gasteiger partial charge in [-0.1, -0.05) is 0 Å². The fourth-order valence-electron chi connectivity index (χ4n) is 1.67. The first kappa shape index (κ1) is 9.89. The largest absolute Gasteiger partial charge is 0.319 e. The van der Waals surface area contributed by atoms with Gasteiger partial charge in [0.1, 0.15) is 11.9 Å². The van der Waals surface area contributed by atoms with E-state index in [1.165, 1.54) is 0 Å². The Hall–Kier alpha value is -1.65. The third-order valence-electron chi connectivity index (χ3n) is 2.55. The van der Waals surface area contributed by atoms with Gasteiger partial charge in [-0.3, -0.25) is 4.68 Å². The zero-order valence-electron chi connectivity index (χ0n) is 9.47. The first-order valence-corrected chi connectivity index (χ1v) is 4.89. The number of hydrogen-bond donors (Lipinski definition) is 0. The molecule has 0 unspecified atom stereocenters. The number of aryl methyl sites for hydroxylation is 2. The highest BCUT2D eigenvalue weighted by Gasteiger charge is 2.28. The molecule has 0 saturated heterocycles. The second kappa shape index (κ2) is 3.18. The molecule has 0 spiro atoms. The minimum absolute atomic E-state index is 0.278. The quantitative estimate of drug-likeness (QED) is 0.737. The van der Waals surface area contributed by atoms with Gasteiger partial charge in [0.15, 0.2) is 5.82 Å². The monoisotopic (exact) mass is 205 g/mol. The summed E-state index contributed by atoms with van der Waals surface area (Å²) in [6, 6.07) is 1.98. The van der Waals surface area contributed by atoms with Crippen molar-refractivity contribution >= 4 is 0 Å². The summed E-state index contributed by atoms with van der Waals surface area (Å²) in [7, 11) is 1.94. The van der Waals surface area contributed by atoms with Crippen LogP contribution in [-0.4, -0.2) is 24.5 Å². The molecule has 5 heteroatoms.